The smallest absolute Gasteiger partial charge is 0.338 e. The predicted octanol–water partition coefficient (Wildman–Crippen LogP) is 7.35. The summed E-state index contributed by atoms with van der Waals surface area (Å²) in [4.78, 5) is 22.5. The second kappa shape index (κ2) is 23.6. The van der Waals surface area contributed by atoms with Crippen LogP contribution in [0.4, 0.5) is 17.6 Å². The van der Waals surface area contributed by atoms with Crippen LogP contribution in [0.15, 0.2) is 121 Å². The molecule has 2 fully saturated rings. The van der Waals surface area contributed by atoms with Crippen molar-refractivity contribution in [2.75, 3.05) is 26.4 Å². The number of aliphatic hydroxyl groups excluding tert-OH is 3. The van der Waals surface area contributed by atoms with Crippen LogP contribution in [0, 0.1) is 0 Å². The van der Waals surface area contributed by atoms with Gasteiger partial charge in [-0.05, 0) is 62.6 Å². The number of esters is 1. The van der Waals surface area contributed by atoms with Crippen LogP contribution in [0.3, 0.4) is 0 Å². The maximum atomic E-state index is 15.2. The van der Waals surface area contributed by atoms with Crippen molar-refractivity contribution in [2.45, 2.75) is 101 Å². The lowest BCUT2D eigenvalue weighted by molar-refractivity contribution is -0.242. The summed E-state index contributed by atoms with van der Waals surface area (Å²) in [7, 11) is 0. The van der Waals surface area contributed by atoms with Gasteiger partial charge in [0.1, 0.15) is 24.9 Å². The van der Waals surface area contributed by atoms with Crippen molar-refractivity contribution in [1.82, 2.24) is 0 Å². The largest absolute Gasteiger partial charge is 0.459 e. The zero-order chi connectivity index (χ0) is 46.3. The number of carbonyl (C=O) groups excluding carboxylic acids is 2. The van der Waals surface area contributed by atoms with Crippen LogP contribution in [0.2, 0.25) is 0 Å². The molecule has 0 unspecified atom stereocenters. The van der Waals surface area contributed by atoms with Crippen molar-refractivity contribution in [3.63, 3.8) is 0 Å². The van der Waals surface area contributed by atoms with Gasteiger partial charge in [0.05, 0.1) is 38.6 Å². The standard InChI is InChI=1S/C23H26F2O6.C16H22F2O5.C7H5ClO/c1-22(2)30-14-18(31-22)20(28-13-16-9-5-3-6-10-16)23(24,25)19(26)15-29-21(27)17-11-7-4-8-12-17;1-15(2)22-10-12(23-15)14(16(17,18)13(20)8-19)21-9-11-6-4-3-5-7-11;8-7(9)6-4-2-1-3-5-6/h3-12,18-20,26H,13-15H2,1-2H3;3-7,12-14,19-20H,8-10H2,1-2H3;1-5H/t18-,19-,20+;12-,13-,14+;/m11./s1. The first kappa shape index (κ1) is 51.3. The molecule has 0 radical (unpaired) electrons. The lowest BCUT2D eigenvalue weighted by Gasteiger charge is -2.33. The van der Waals surface area contributed by atoms with Crippen molar-refractivity contribution < 1.29 is 75.6 Å². The Morgan fingerprint density at radius 2 is 1.02 bits per heavy atom. The maximum Gasteiger partial charge on any atom is 0.338 e. The Kier molecular flexibility index (Phi) is 19.2. The molecule has 0 spiro atoms. The molecule has 0 aromatic heterocycles. The molecule has 17 heteroatoms. The number of hydrogen-bond acceptors (Lipinski definition) is 12. The van der Waals surface area contributed by atoms with Gasteiger partial charge >= 0.3 is 17.8 Å². The molecule has 2 saturated heterocycles. The Labute approximate surface area is 368 Å². The molecule has 2 aliphatic heterocycles. The SMILES string of the molecule is CC1(C)OC[C@H]([C@H](OCc2ccccc2)C(F)(F)[C@H](O)CO)O1.CC1(C)OC[C@H]([C@H](OCc2ccccc2)C(F)(F)[C@H](O)COC(=O)c2ccccc2)O1.O=C(Cl)c1ccccc1. The molecule has 0 bridgehead atoms. The van der Waals surface area contributed by atoms with Gasteiger partial charge in [-0.3, -0.25) is 4.79 Å². The van der Waals surface area contributed by atoms with Crippen molar-refractivity contribution >= 4 is 22.8 Å². The van der Waals surface area contributed by atoms with E-state index in [1.807, 2.05) is 12.1 Å². The fourth-order valence-corrected chi connectivity index (χ4v) is 6.30. The predicted molar refractivity (Wildman–Crippen MR) is 222 cm³/mol. The molecule has 4 aromatic carbocycles. The van der Waals surface area contributed by atoms with E-state index in [1.165, 1.54) is 12.1 Å². The molecular weight excluding hydrogens is 856 g/mol. The van der Waals surface area contributed by atoms with E-state index in [0.29, 0.717) is 16.7 Å². The third-order valence-corrected chi connectivity index (χ3v) is 9.70. The molecule has 2 aliphatic rings. The van der Waals surface area contributed by atoms with Gasteiger partial charge in [0.15, 0.2) is 29.9 Å². The van der Waals surface area contributed by atoms with E-state index in [2.05, 4.69) is 0 Å². The second-order valence-electron chi connectivity index (χ2n) is 15.3. The zero-order valence-corrected chi connectivity index (χ0v) is 35.9. The monoisotopic (exact) mass is 908 g/mol. The van der Waals surface area contributed by atoms with E-state index in [1.54, 1.807) is 125 Å². The summed E-state index contributed by atoms with van der Waals surface area (Å²) < 4.78 is 96.9. The minimum atomic E-state index is -3.78. The summed E-state index contributed by atoms with van der Waals surface area (Å²) >= 11 is 5.16. The Morgan fingerprint density at radius 1 is 0.651 bits per heavy atom. The Hall–Kier alpha value is -4.33. The highest BCUT2D eigenvalue weighted by atomic mass is 35.5. The van der Waals surface area contributed by atoms with Crippen LogP contribution in [0.1, 0.15) is 59.5 Å². The van der Waals surface area contributed by atoms with E-state index < -0.39 is 84.5 Å². The molecule has 0 amide bonds. The summed E-state index contributed by atoms with van der Waals surface area (Å²) in [6.45, 7) is 4.08. The Bertz CT molecular complexity index is 1960. The Balaban J connectivity index is 0.000000237. The quantitative estimate of drug-likeness (QED) is 0.0550. The van der Waals surface area contributed by atoms with Gasteiger partial charge in [0.25, 0.3) is 5.24 Å². The Morgan fingerprint density at radius 3 is 1.35 bits per heavy atom. The molecule has 63 heavy (non-hydrogen) atoms. The van der Waals surface area contributed by atoms with Gasteiger partial charge in [-0.25, -0.2) is 22.4 Å². The number of ether oxygens (including phenoxy) is 7. The number of alkyl halides is 4. The van der Waals surface area contributed by atoms with Crippen LogP contribution in [0.5, 0.6) is 0 Å². The minimum absolute atomic E-state index is 0.0699. The summed E-state index contributed by atoms with van der Waals surface area (Å²) in [5.74, 6) is -10.3. The van der Waals surface area contributed by atoms with Gasteiger partial charge in [-0.15, -0.1) is 0 Å². The highest BCUT2D eigenvalue weighted by Crippen LogP contribution is 2.37. The molecule has 12 nitrogen and oxygen atoms in total. The van der Waals surface area contributed by atoms with E-state index in [9.17, 15) is 28.6 Å². The summed E-state index contributed by atoms with van der Waals surface area (Å²) in [6.07, 6.45) is -10.3. The highest BCUT2D eigenvalue weighted by molar-refractivity contribution is 6.67. The number of benzene rings is 4. The summed E-state index contributed by atoms with van der Waals surface area (Å²) in [5.41, 5.74) is 2.14. The van der Waals surface area contributed by atoms with E-state index >= 15 is 8.78 Å². The van der Waals surface area contributed by atoms with Crippen molar-refractivity contribution in [3.05, 3.63) is 144 Å². The fourth-order valence-electron chi connectivity index (χ4n) is 6.18. The van der Waals surface area contributed by atoms with Gasteiger partial charge in [-0.2, -0.15) is 0 Å². The molecule has 0 aliphatic carbocycles. The van der Waals surface area contributed by atoms with Crippen LogP contribution in [-0.2, 0) is 46.4 Å². The third kappa shape index (κ3) is 15.7. The molecule has 344 valence electrons. The topological polar surface area (TPSA) is 159 Å². The molecule has 0 saturated carbocycles. The number of rotatable bonds is 17. The molecule has 4 aromatic rings. The molecular formula is C46H53ClF4O12. The van der Waals surface area contributed by atoms with Gasteiger partial charge in [0, 0.05) is 5.56 Å². The minimum Gasteiger partial charge on any atom is -0.459 e. The van der Waals surface area contributed by atoms with Gasteiger partial charge < -0.3 is 48.5 Å². The van der Waals surface area contributed by atoms with E-state index in [-0.39, 0.29) is 32.0 Å². The molecule has 2 heterocycles. The van der Waals surface area contributed by atoms with E-state index in [0.717, 1.165) is 0 Å². The highest BCUT2D eigenvalue weighted by Gasteiger charge is 2.56. The normalized spacial score (nSPS) is 19.9. The third-order valence-electron chi connectivity index (χ3n) is 9.48. The average Bonchev–Trinajstić information content (AvgIpc) is 3.83. The van der Waals surface area contributed by atoms with Crippen molar-refractivity contribution in [2.24, 2.45) is 0 Å². The molecule has 6 rings (SSSR count). The average molecular weight is 909 g/mol. The fraction of sp³-hybridized carbons (Fsp3) is 0.435. The first-order valence-corrected chi connectivity index (χ1v) is 20.3. The summed E-state index contributed by atoms with van der Waals surface area (Å²) in [5, 5.41) is 28.2. The van der Waals surface area contributed by atoms with Crippen LogP contribution in [0.25, 0.3) is 0 Å². The lowest BCUT2D eigenvalue weighted by Crippen LogP contribution is -2.54. The number of carbonyl (C=O) groups is 2. The second-order valence-corrected chi connectivity index (χ2v) is 15.7. The number of halogens is 5. The zero-order valence-electron chi connectivity index (χ0n) is 35.2. The van der Waals surface area contributed by atoms with Crippen LogP contribution < -0.4 is 0 Å². The van der Waals surface area contributed by atoms with Gasteiger partial charge in [0.2, 0.25) is 0 Å². The lowest BCUT2D eigenvalue weighted by atomic mass is 10.0. The van der Waals surface area contributed by atoms with Crippen LogP contribution >= 0.6 is 11.6 Å². The van der Waals surface area contributed by atoms with Gasteiger partial charge in [-0.1, -0.05) is 109 Å². The summed E-state index contributed by atoms with van der Waals surface area (Å²) in [6, 6.07) is 34.3. The number of hydrogen-bond donors (Lipinski definition) is 3. The van der Waals surface area contributed by atoms with E-state index in [4.69, 9.17) is 49.9 Å². The number of aliphatic hydroxyl groups is 3. The molecule has 3 N–H and O–H groups in total. The van der Waals surface area contributed by atoms with Crippen molar-refractivity contribution in [3.8, 4) is 0 Å². The molecule has 6 atom stereocenters. The first-order valence-electron chi connectivity index (χ1n) is 19.9. The van der Waals surface area contributed by atoms with Crippen molar-refractivity contribution in [1.29, 1.82) is 0 Å². The maximum absolute atomic E-state index is 15.2. The van der Waals surface area contributed by atoms with Crippen LogP contribution in [-0.4, -0.2) is 113 Å². The first-order chi connectivity index (χ1) is 29.8.